The van der Waals surface area contributed by atoms with Gasteiger partial charge in [-0.25, -0.2) is 0 Å². The molecule has 1 unspecified atom stereocenters. The third-order valence-corrected chi connectivity index (χ3v) is 6.68. The zero-order valence-corrected chi connectivity index (χ0v) is 20.9. The number of ether oxygens (including phenoxy) is 2. The van der Waals surface area contributed by atoms with Crippen molar-refractivity contribution in [3.63, 3.8) is 0 Å². The van der Waals surface area contributed by atoms with Crippen LogP contribution in [0.4, 0.5) is 0 Å². The second-order valence-corrected chi connectivity index (χ2v) is 8.72. The summed E-state index contributed by atoms with van der Waals surface area (Å²) in [6, 6.07) is 5.55. The topological polar surface area (TPSA) is 58.1 Å². The van der Waals surface area contributed by atoms with E-state index in [-0.39, 0.29) is 30.1 Å². The minimum atomic E-state index is 0. The number of hydrogen-bond acceptors (Lipinski definition) is 4. The molecule has 7 heteroatoms. The number of piperidine rings is 1. The van der Waals surface area contributed by atoms with Crippen molar-refractivity contribution in [1.29, 1.82) is 0 Å². The first-order valence-electron chi connectivity index (χ1n) is 11.2. The molecule has 168 valence electrons. The fourth-order valence-electron chi connectivity index (χ4n) is 5.05. The second kappa shape index (κ2) is 10.9. The number of methoxy groups -OCH3 is 1. The van der Waals surface area contributed by atoms with Gasteiger partial charge in [-0.05, 0) is 44.7 Å². The Hall–Kier alpha value is -1.22. The number of benzene rings is 1. The predicted molar refractivity (Wildman–Crippen MR) is 132 cm³/mol. The minimum Gasteiger partial charge on any atom is -0.496 e. The van der Waals surface area contributed by atoms with E-state index in [2.05, 4.69) is 39.6 Å². The van der Waals surface area contributed by atoms with Gasteiger partial charge in [0.05, 0.1) is 7.11 Å². The van der Waals surface area contributed by atoms with E-state index in [0.717, 1.165) is 35.5 Å². The molecule has 2 heterocycles. The molecule has 0 amide bonds. The molecule has 0 spiro atoms. The average molecular weight is 528 g/mol. The van der Waals surface area contributed by atoms with Crippen molar-refractivity contribution in [2.75, 3.05) is 27.2 Å². The van der Waals surface area contributed by atoms with Gasteiger partial charge in [-0.1, -0.05) is 12.8 Å². The lowest BCUT2D eigenvalue weighted by atomic mass is 10.0. The number of guanidine groups is 1. The van der Waals surface area contributed by atoms with E-state index >= 15 is 0 Å². The molecule has 4 rings (SSSR count). The molecule has 3 aliphatic rings. The molecular weight excluding hydrogens is 491 g/mol. The third kappa shape index (κ3) is 5.52. The summed E-state index contributed by atoms with van der Waals surface area (Å²) in [6.45, 7) is 5.17. The molecule has 0 aromatic heterocycles. The van der Waals surface area contributed by atoms with Crippen LogP contribution >= 0.6 is 24.0 Å². The highest BCUT2D eigenvalue weighted by Gasteiger charge is 2.27. The van der Waals surface area contributed by atoms with Gasteiger partial charge in [0.2, 0.25) is 0 Å². The van der Waals surface area contributed by atoms with Crippen LogP contribution in [0, 0.1) is 0 Å². The third-order valence-electron chi connectivity index (χ3n) is 6.68. The number of rotatable bonds is 5. The normalized spacial score (nSPS) is 22.9. The highest BCUT2D eigenvalue weighted by Crippen LogP contribution is 2.35. The van der Waals surface area contributed by atoms with E-state index < -0.39 is 0 Å². The molecule has 2 aliphatic heterocycles. The molecular formula is C23H37IN4O2. The Bertz CT molecular complexity index is 728. The van der Waals surface area contributed by atoms with Crippen molar-refractivity contribution in [3.05, 3.63) is 23.3 Å². The highest BCUT2D eigenvalue weighted by molar-refractivity contribution is 14.0. The Kier molecular flexibility index (Phi) is 8.51. The van der Waals surface area contributed by atoms with Gasteiger partial charge in [-0.15, -0.1) is 24.0 Å². The van der Waals surface area contributed by atoms with E-state index in [4.69, 9.17) is 9.47 Å². The van der Waals surface area contributed by atoms with Gasteiger partial charge in [-0.2, -0.15) is 0 Å². The summed E-state index contributed by atoms with van der Waals surface area (Å²) < 4.78 is 11.5. The molecule has 1 aromatic rings. The van der Waals surface area contributed by atoms with E-state index in [1.807, 2.05) is 7.05 Å². The number of halogens is 1. The summed E-state index contributed by atoms with van der Waals surface area (Å²) in [5.74, 6) is 2.76. The van der Waals surface area contributed by atoms with Crippen LogP contribution in [0.25, 0.3) is 0 Å². The monoisotopic (exact) mass is 528 g/mol. The number of nitrogens with zero attached hydrogens (tertiary/aromatic N) is 2. The van der Waals surface area contributed by atoms with Crippen molar-refractivity contribution in [2.45, 2.75) is 76.6 Å². The molecule has 0 radical (unpaired) electrons. The minimum absolute atomic E-state index is 0. The Balaban J connectivity index is 0.00000256. The quantitative estimate of drug-likeness (QED) is 0.347. The molecule has 1 aromatic carbocycles. The van der Waals surface area contributed by atoms with Crippen LogP contribution in [0.5, 0.6) is 11.5 Å². The maximum atomic E-state index is 5.92. The van der Waals surface area contributed by atoms with Crippen LogP contribution in [-0.2, 0) is 13.0 Å². The number of likely N-dealkylation sites (tertiary alicyclic amines) is 1. The fraction of sp³-hybridized carbons (Fsp3) is 0.696. The molecule has 30 heavy (non-hydrogen) atoms. The molecule has 1 saturated carbocycles. The molecule has 1 aliphatic carbocycles. The Labute approximate surface area is 198 Å². The number of fused-ring (bicyclic) bond motifs is 1. The summed E-state index contributed by atoms with van der Waals surface area (Å²) in [5.41, 5.74) is 2.33. The lowest BCUT2D eigenvalue weighted by Crippen LogP contribution is -2.50. The summed E-state index contributed by atoms with van der Waals surface area (Å²) in [7, 11) is 3.57. The summed E-state index contributed by atoms with van der Waals surface area (Å²) in [4.78, 5) is 7.15. The van der Waals surface area contributed by atoms with Gasteiger partial charge in [0.1, 0.15) is 17.6 Å². The Morgan fingerprint density at radius 3 is 2.60 bits per heavy atom. The van der Waals surface area contributed by atoms with E-state index in [1.54, 1.807) is 7.11 Å². The number of nitrogens with one attached hydrogen (secondary N) is 2. The van der Waals surface area contributed by atoms with E-state index in [0.29, 0.717) is 12.6 Å². The van der Waals surface area contributed by atoms with Gasteiger partial charge < -0.3 is 25.0 Å². The average Bonchev–Trinajstić information content (AvgIpc) is 3.39. The fourth-order valence-corrected chi connectivity index (χ4v) is 5.05. The lowest BCUT2D eigenvalue weighted by Gasteiger charge is -2.36. The number of hydrogen-bond donors (Lipinski definition) is 2. The maximum Gasteiger partial charge on any atom is 0.191 e. The second-order valence-electron chi connectivity index (χ2n) is 8.72. The van der Waals surface area contributed by atoms with Gasteiger partial charge in [0.25, 0.3) is 0 Å². The summed E-state index contributed by atoms with van der Waals surface area (Å²) in [5, 5.41) is 7.09. The van der Waals surface area contributed by atoms with Gasteiger partial charge in [0, 0.05) is 56.3 Å². The van der Waals surface area contributed by atoms with Gasteiger partial charge >= 0.3 is 0 Å². The standard InChI is InChI=1S/C23H36N4O2.HI/c1-16-12-17-13-21(28-3)18(14-22(17)29-16)15-25-23(24-2)26-19-8-10-27(11-9-19)20-6-4-5-7-20;/h13-14,16,19-20H,4-12,15H2,1-3H3,(H2,24,25,26);1H. The predicted octanol–water partition coefficient (Wildman–Crippen LogP) is 3.71. The van der Waals surface area contributed by atoms with Crippen LogP contribution in [0.3, 0.4) is 0 Å². The smallest absolute Gasteiger partial charge is 0.191 e. The van der Waals surface area contributed by atoms with Crippen LogP contribution in [0.2, 0.25) is 0 Å². The van der Waals surface area contributed by atoms with Crippen molar-refractivity contribution < 1.29 is 9.47 Å². The number of aliphatic imine (C=N–C) groups is 1. The van der Waals surface area contributed by atoms with Gasteiger partial charge in [0.15, 0.2) is 5.96 Å². The zero-order chi connectivity index (χ0) is 20.2. The van der Waals surface area contributed by atoms with E-state index in [9.17, 15) is 0 Å². The lowest BCUT2D eigenvalue weighted by molar-refractivity contribution is 0.150. The van der Waals surface area contributed by atoms with E-state index in [1.165, 1.54) is 57.2 Å². The SMILES string of the molecule is CN=C(NCc1cc2c(cc1OC)CC(C)O2)NC1CCN(C2CCCC2)CC1.I. The molecule has 6 nitrogen and oxygen atoms in total. The highest BCUT2D eigenvalue weighted by atomic mass is 127. The molecule has 1 atom stereocenters. The van der Waals surface area contributed by atoms with Crippen LogP contribution in [0.15, 0.2) is 17.1 Å². The van der Waals surface area contributed by atoms with Crippen molar-refractivity contribution in [3.8, 4) is 11.5 Å². The summed E-state index contributed by atoms with van der Waals surface area (Å²) >= 11 is 0. The van der Waals surface area contributed by atoms with Crippen LogP contribution < -0.4 is 20.1 Å². The molecule has 0 bridgehead atoms. The zero-order valence-electron chi connectivity index (χ0n) is 18.6. The molecule has 2 N–H and O–H groups in total. The Morgan fingerprint density at radius 2 is 1.93 bits per heavy atom. The Morgan fingerprint density at radius 1 is 1.20 bits per heavy atom. The summed E-state index contributed by atoms with van der Waals surface area (Å²) in [6.07, 6.45) is 9.17. The first kappa shape index (κ1) is 23.4. The van der Waals surface area contributed by atoms with Crippen molar-refractivity contribution in [1.82, 2.24) is 15.5 Å². The first-order chi connectivity index (χ1) is 14.2. The molecule has 2 fully saturated rings. The maximum absolute atomic E-state index is 5.92. The van der Waals surface area contributed by atoms with Crippen LogP contribution in [-0.4, -0.2) is 56.3 Å². The van der Waals surface area contributed by atoms with Gasteiger partial charge in [-0.3, -0.25) is 4.99 Å². The largest absolute Gasteiger partial charge is 0.496 e. The molecule has 1 saturated heterocycles. The van der Waals surface area contributed by atoms with Crippen molar-refractivity contribution >= 4 is 29.9 Å². The first-order valence-corrected chi connectivity index (χ1v) is 11.2. The van der Waals surface area contributed by atoms with Crippen LogP contribution in [0.1, 0.15) is 56.6 Å². The van der Waals surface area contributed by atoms with Crippen molar-refractivity contribution in [2.24, 2.45) is 4.99 Å².